The SMILES string of the molecule is Cc1cc(C)c(S(=O)(=O)Oc2cccc(NC(=O)Nc3cccc(OS(=O)(=O)c4cccc(S(=O)(=O)Oc5cccc(NC(=O)Nc6cccc(OS(=O)(=O)c7c(C)cc(C)cc7C)c6)c5)c4)c3)c2)c(C)c1. The number of urea groups is 2. The van der Waals surface area contributed by atoms with Gasteiger partial charge in [0.2, 0.25) is 0 Å². The highest BCUT2D eigenvalue weighted by molar-refractivity contribution is 7.88. The number of amides is 4. The van der Waals surface area contributed by atoms with Crippen LogP contribution in [0.15, 0.2) is 165 Å². The van der Waals surface area contributed by atoms with E-state index in [1.54, 1.807) is 52.0 Å². The number of carbonyl (C=O) groups excluding carboxylic acids is 2. The number of aryl methyl sites for hydroxylation is 6. The molecule has 0 saturated carbocycles. The van der Waals surface area contributed by atoms with E-state index in [1.165, 1.54) is 97.1 Å². The van der Waals surface area contributed by atoms with Crippen molar-refractivity contribution in [3.05, 3.63) is 179 Å². The predicted molar refractivity (Wildman–Crippen MR) is 270 cm³/mol. The van der Waals surface area contributed by atoms with Crippen molar-refractivity contribution >= 4 is 75.3 Å². The van der Waals surface area contributed by atoms with Crippen LogP contribution >= 0.6 is 0 Å². The molecule has 0 aliphatic heterocycles. The third-order valence-corrected chi connectivity index (χ3v) is 15.9. The highest BCUT2D eigenvalue weighted by atomic mass is 32.2. The molecule has 0 aliphatic rings. The quantitative estimate of drug-likeness (QED) is 0.0657. The molecule has 22 heteroatoms. The molecule has 0 spiro atoms. The van der Waals surface area contributed by atoms with Crippen LogP contribution in [0.4, 0.5) is 32.3 Å². The minimum Gasteiger partial charge on any atom is -0.379 e. The summed E-state index contributed by atoms with van der Waals surface area (Å²) in [7, 11) is -17.8. The van der Waals surface area contributed by atoms with Crippen molar-refractivity contribution in [2.75, 3.05) is 21.3 Å². The molecule has 7 aromatic rings. The van der Waals surface area contributed by atoms with Crippen LogP contribution in [0.25, 0.3) is 0 Å². The Kier molecular flexibility index (Phi) is 15.0. The fourth-order valence-electron chi connectivity index (χ4n) is 7.68. The molecule has 7 rings (SSSR count). The summed E-state index contributed by atoms with van der Waals surface area (Å²) in [6.45, 7) is 10.4. The molecular formula is C50H46N4O14S4. The van der Waals surface area contributed by atoms with Crippen molar-refractivity contribution in [2.24, 2.45) is 0 Å². The number of nitrogens with one attached hydrogen (secondary N) is 4. The Morgan fingerprint density at radius 1 is 0.333 bits per heavy atom. The Hall–Kier alpha value is -7.92. The van der Waals surface area contributed by atoms with Gasteiger partial charge in [-0.2, -0.15) is 33.7 Å². The molecule has 72 heavy (non-hydrogen) atoms. The first-order valence-electron chi connectivity index (χ1n) is 21.5. The first-order valence-corrected chi connectivity index (χ1v) is 27.1. The van der Waals surface area contributed by atoms with Crippen LogP contribution in [-0.4, -0.2) is 45.7 Å². The van der Waals surface area contributed by atoms with E-state index >= 15 is 0 Å². The topological polar surface area (TPSA) is 256 Å². The molecule has 0 fully saturated rings. The fraction of sp³-hybridized carbons (Fsp3) is 0.120. The number of carbonyl (C=O) groups is 2. The molecule has 0 saturated heterocycles. The third-order valence-electron chi connectivity index (χ3n) is 10.3. The van der Waals surface area contributed by atoms with E-state index in [-0.39, 0.29) is 55.5 Å². The lowest BCUT2D eigenvalue weighted by molar-refractivity contribution is 0.261. The molecule has 18 nitrogen and oxygen atoms in total. The van der Waals surface area contributed by atoms with Crippen molar-refractivity contribution < 1.29 is 60.0 Å². The van der Waals surface area contributed by atoms with E-state index in [4.69, 9.17) is 16.7 Å². The monoisotopic (exact) mass is 1050 g/mol. The van der Waals surface area contributed by atoms with Crippen LogP contribution in [0.3, 0.4) is 0 Å². The first kappa shape index (κ1) is 51.9. The maximum atomic E-state index is 13.4. The van der Waals surface area contributed by atoms with Crippen LogP contribution in [0.5, 0.6) is 23.0 Å². The van der Waals surface area contributed by atoms with Crippen molar-refractivity contribution in [3.63, 3.8) is 0 Å². The zero-order valence-electron chi connectivity index (χ0n) is 39.2. The molecule has 7 aromatic carbocycles. The van der Waals surface area contributed by atoms with E-state index in [2.05, 4.69) is 21.3 Å². The minimum absolute atomic E-state index is 0.0367. The van der Waals surface area contributed by atoms with Crippen molar-refractivity contribution in [3.8, 4) is 23.0 Å². The van der Waals surface area contributed by atoms with Gasteiger partial charge in [0, 0.05) is 47.0 Å². The molecule has 0 heterocycles. The summed E-state index contributed by atoms with van der Waals surface area (Å²) < 4.78 is 128. The van der Waals surface area contributed by atoms with Gasteiger partial charge in [-0.15, -0.1) is 0 Å². The molecule has 4 amide bonds. The average Bonchev–Trinajstić information content (AvgIpc) is 3.25. The van der Waals surface area contributed by atoms with Gasteiger partial charge < -0.3 is 38.0 Å². The van der Waals surface area contributed by atoms with Gasteiger partial charge in [-0.3, -0.25) is 0 Å². The van der Waals surface area contributed by atoms with Crippen LogP contribution in [0.1, 0.15) is 33.4 Å². The van der Waals surface area contributed by atoms with E-state index < -0.39 is 62.3 Å². The highest BCUT2D eigenvalue weighted by Gasteiger charge is 2.26. The van der Waals surface area contributed by atoms with Crippen LogP contribution in [-0.2, 0) is 40.5 Å². The lowest BCUT2D eigenvalue weighted by Gasteiger charge is -2.14. The number of hydrogen-bond acceptors (Lipinski definition) is 14. The standard InChI is InChI=1S/C50H46N4O14S4/c1-31-22-33(3)47(34(4)23-31)71(61,62)67-43-18-9-14-39(28-43)53-49(55)51-37-12-7-16-41(26-37)65-69(57,58)45-20-11-21-46(30-45)70(59,60)66-42-17-8-13-38(27-42)52-50(56)54-40-15-10-19-44(29-40)68-72(63,64)48-35(5)24-32(2)25-36(48)6/h7-30H,1-6H3,(H2,51,53,55)(H2,52,54,56). The third kappa shape index (κ3) is 12.9. The smallest absolute Gasteiger partial charge is 0.339 e. The Morgan fingerprint density at radius 3 is 0.861 bits per heavy atom. The highest BCUT2D eigenvalue weighted by Crippen LogP contribution is 2.31. The maximum absolute atomic E-state index is 13.4. The number of benzene rings is 7. The van der Waals surface area contributed by atoms with Crippen molar-refractivity contribution in [2.45, 2.75) is 61.1 Å². The minimum atomic E-state index is -4.69. The second kappa shape index (κ2) is 20.8. The number of rotatable bonds is 16. The van der Waals surface area contributed by atoms with Gasteiger partial charge in [0.05, 0.1) is 0 Å². The lowest BCUT2D eigenvalue weighted by Crippen LogP contribution is -2.19. The second-order valence-corrected chi connectivity index (χ2v) is 22.4. The summed E-state index contributed by atoms with van der Waals surface area (Å²) >= 11 is 0. The lowest BCUT2D eigenvalue weighted by atomic mass is 10.1. The fourth-order valence-corrected chi connectivity index (χ4v) is 12.4. The summed E-state index contributed by atoms with van der Waals surface area (Å²) in [6.07, 6.45) is 0. The Morgan fingerprint density at radius 2 is 0.583 bits per heavy atom. The Bertz CT molecular complexity index is 3450. The summed E-state index contributed by atoms with van der Waals surface area (Å²) in [5.74, 6) is -0.610. The summed E-state index contributed by atoms with van der Waals surface area (Å²) in [4.78, 5) is 24.9. The van der Waals surface area contributed by atoms with Gasteiger partial charge >= 0.3 is 52.5 Å². The zero-order chi connectivity index (χ0) is 52.2. The summed E-state index contributed by atoms with van der Waals surface area (Å²) in [5.41, 5.74) is 4.39. The Labute approximate surface area is 417 Å². The molecule has 0 aliphatic carbocycles. The van der Waals surface area contributed by atoms with Gasteiger partial charge in [0.25, 0.3) is 0 Å². The van der Waals surface area contributed by atoms with Crippen LogP contribution in [0.2, 0.25) is 0 Å². The van der Waals surface area contributed by atoms with E-state index in [9.17, 15) is 43.3 Å². The normalized spacial score (nSPS) is 11.8. The predicted octanol–water partition coefficient (Wildman–Crippen LogP) is 9.90. The average molecular weight is 1060 g/mol. The molecule has 374 valence electrons. The van der Waals surface area contributed by atoms with Crippen molar-refractivity contribution in [1.82, 2.24) is 0 Å². The van der Waals surface area contributed by atoms with Gasteiger partial charge in [0.1, 0.15) is 42.6 Å². The molecule has 0 bridgehead atoms. The molecule has 0 aromatic heterocycles. The molecule has 0 radical (unpaired) electrons. The van der Waals surface area contributed by atoms with Crippen LogP contribution in [0, 0.1) is 41.5 Å². The van der Waals surface area contributed by atoms with Gasteiger partial charge in [-0.05, 0) is 131 Å². The molecular weight excluding hydrogens is 1010 g/mol. The van der Waals surface area contributed by atoms with Gasteiger partial charge in [-0.1, -0.05) is 65.7 Å². The molecule has 4 N–H and O–H groups in total. The molecule has 0 unspecified atom stereocenters. The van der Waals surface area contributed by atoms with Crippen molar-refractivity contribution in [1.29, 1.82) is 0 Å². The summed E-state index contributed by atoms with van der Waals surface area (Å²) in [5, 5.41) is 10.2. The van der Waals surface area contributed by atoms with Gasteiger partial charge in [-0.25, -0.2) is 9.59 Å². The molecule has 0 atom stereocenters. The van der Waals surface area contributed by atoms with Gasteiger partial charge in [0.15, 0.2) is 0 Å². The van der Waals surface area contributed by atoms with Crippen LogP contribution < -0.4 is 38.0 Å². The van der Waals surface area contributed by atoms with E-state index in [0.717, 1.165) is 35.4 Å². The Balaban J connectivity index is 0.953. The maximum Gasteiger partial charge on any atom is 0.339 e. The summed E-state index contributed by atoms with van der Waals surface area (Å²) in [6, 6.07) is 31.6. The number of anilines is 4. The largest absolute Gasteiger partial charge is 0.379 e. The number of hydrogen-bond donors (Lipinski definition) is 4. The van der Waals surface area contributed by atoms with E-state index in [1.807, 2.05) is 13.8 Å². The van der Waals surface area contributed by atoms with E-state index in [0.29, 0.717) is 22.3 Å². The zero-order valence-corrected chi connectivity index (χ0v) is 42.5. The first-order chi connectivity index (χ1) is 33.9. The second-order valence-electron chi connectivity index (χ2n) is 16.3.